The van der Waals surface area contributed by atoms with Crippen molar-refractivity contribution in [2.75, 3.05) is 20.2 Å². The molecule has 1 amide bonds. The molecule has 5 heteroatoms. The lowest BCUT2D eigenvalue weighted by Crippen LogP contribution is -2.50. The molecule has 0 aromatic heterocycles. The summed E-state index contributed by atoms with van der Waals surface area (Å²) in [4.78, 5) is 15.1. The third-order valence-corrected chi connectivity index (χ3v) is 7.81. The molecular weight excluding hydrogens is 376 g/mol. The maximum Gasteiger partial charge on any atom is 0.224 e. The minimum Gasteiger partial charge on any atom is -0.496 e. The van der Waals surface area contributed by atoms with E-state index in [0.717, 1.165) is 51.1 Å². The first kappa shape index (κ1) is 20.1. The Morgan fingerprint density at radius 3 is 2.57 bits per heavy atom. The van der Waals surface area contributed by atoms with Gasteiger partial charge in [-0.05, 0) is 74.0 Å². The Labute approximate surface area is 179 Å². The Bertz CT molecular complexity index is 828. The van der Waals surface area contributed by atoms with E-state index < -0.39 is 6.10 Å². The van der Waals surface area contributed by atoms with Crippen LogP contribution in [0.3, 0.4) is 0 Å². The first-order valence-corrected chi connectivity index (χ1v) is 11.6. The highest BCUT2D eigenvalue weighted by Gasteiger charge is 2.42. The van der Waals surface area contributed by atoms with Gasteiger partial charge in [0.05, 0.1) is 19.3 Å². The number of aliphatic hydroxyl groups is 1. The van der Waals surface area contributed by atoms with Gasteiger partial charge >= 0.3 is 0 Å². The van der Waals surface area contributed by atoms with E-state index in [1.807, 2.05) is 0 Å². The predicted octanol–water partition coefficient (Wildman–Crippen LogP) is 2.84. The zero-order valence-corrected chi connectivity index (χ0v) is 18.0. The van der Waals surface area contributed by atoms with E-state index in [1.165, 1.54) is 36.0 Å². The van der Waals surface area contributed by atoms with E-state index in [1.54, 1.807) is 7.11 Å². The van der Waals surface area contributed by atoms with Crippen LogP contribution in [0.1, 0.15) is 48.8 Å². The molecule has 1 aromatic carbocycles. The minimum absolute atomic E-state index is 0.0577. The number of carbonyl (C=O) groups excluding carboxylic acids is 1. The van der Waals surface area contributed by atoms with Gasteiger partial charge in [0.25, 0.3) is 0 Å². The maximum atomic E-state index is 12.5. The number of likely N-dealkylation sites (tertiary alicyclic amines) is 1. The molecule has 1 aromatic rings. The van der Waals surface area contributed by atoms with E-state index in [-0.39, 0.29) is 17.9 Å². The normalized spacial score (nSPS) is 31.0. The summed E-state index contributed by atoms with van der Waals surface area (Å²) in [5, 5.41) is 13.9. The van der Waals surface area contributed by atoms with Gasteiger partial charge in [-0.1, -0.05) is 18.2 Å². The van der Waals surface area contributed by atoms with E-state index in [9.17, 15) is 9.90 Å². The topological polar surface area (TPSA) is 61.8 Å². The molecule has 5 rings (SSSR count). The fourth-order valence-electron chi connectivity index (χ4n) is 6.15. The van der Waals surface area contributed by atoms with Gasteiger partial charge in [-0.2, -0.15) is 0 Å². The largest absolute Gasteiger partial charge is 0.496 e. The highest BCUT2D eigenvalue weighted by atomic mass is 16.5. The van der Waals surface area contributed by atoms with Crippen molar-refractivity contribution in [1.29, 1.82) is 0 Å². The summed E-state index contributed by atoms with van der Waals surface area (Å²) in [7, 11) is 1.77. The zero-order chi connectivity index (χ0) is 20.7. The SMILES string of the molecule is COc1cc2c(cc1CN1C[C@H]3C[C@H](O)[C@@H](NC(=O)C4CC=CC4)C[C@H]3C1)CCC2. The lowest BCUT2D eigenvalue weighted by atomic mass is 9.77. The number of amides is 1. The van der Waals surface area contributed by atoms with Gasteiger partial charge in [-0.25, -0.2) is 0 Å². The molecule has 2 fully saturated rings. The van der Waals surface area contributed by atoms with Crippen molar-refractivity contribution in [3.05, 3.63) is 41.0 Å². The second kappa shape index (κ2) is 8.35. The molecule has 0 bridgehead atoms. The molecule has 2 N–H and O–H groups in total. The first-order chi connectivity index (χ1) is 14.6. The molecule has 5 nitrogen and oxygen atoms in total. The second-order valence-corrected chi connectivity index (χ2v) is 9.79. The van der Waals surface area contributed by atoms with E-state index in [0.29, 0.717) is 11.8 Å². The van der Waals surface area contributed by atoms with Crippen LogP contribution in [0.4, 0.5) is 0 Å². The van der Waals surface area contributed by atoms with Crippen molar-refractivity contribution in [3.63, 3.8) is 0 Å². The number of hydrogen-bond acceptors (Lipinski definition) is 4. The van der Waals surface area contributed by atoms with Crippen LogP contribution in [0.2, 0.25) is 0 Å². The fourth-order valence-corrected chi connectivity index (χ4v) is 6.15. The number of nitrogens with one attached hydrogen (secondary N) is 1. The highest BCUT2D eigenvalue weighted by Crippen LogP contribution is 2.38. The van der Waals surface area contributed by atoms with Crippen molar-refractivity contribution in [1.82, 2.24) is 10.2 Å². The number of rotatable bonds is 5. The third kappa shape index (κ3) is 3.90. The minimum atomic E-state index is -0.431. The van der Waals surface area contributed by atoms with Gasteiger partial charge in [-0.3, -0.25) is 9.69 Å². The van der Waals surface area contributed by atoms with Crippen molar-refractivity contribution in [3.8, 4) is 5.75 Å². The van der Waals surface area contributed by atoms with Crippen LogP contribution < -0.4 is 10.1 Å². The van der Waals surface area contributed by atoms with Crippen LogP contribution in [-0.4, -0.2) is 48.3 Å². The number of ether oxygens (including phenoxy) is 1. The molecule has 4 aliphatic rings. The number of allylic oxidation sites excluding steroid dienone is 2. The van der Waals surface area contributed by atoms with Crippen molar-refractivity contribution in [2.24, 2.45) is 17.8 Å². The Balaban J connectivity index is 1.22. The summed E-state index contributed by atoms with van der Waals surface area (Å²) in [5.41, 5.74) is 4.22. The first-order valence-electron chi connectivity index (χ1n) is 11.6. The average molecular weight is 411 g/mol. The third-order valence-electron chi connectivity index (χ3n) is 7.81. The van der Waals surface area contributed by atoms with Crippen LogP contribution >= 0.6 is 0 Å². The summed E-state index contributed by atoms with van der Waals surface area (Å²) in [6.07, 6.45) is 10.7. The van der Waals surface area contributed by atoms with Gasteiger partial charge in [0.15, 0.2) is 0 Å². The molecule has 4 atom stereocenters. The molecule has 1 saturated carbocycles. The second-order valence-electron chi connectivity index (χ2n) is 9.79. The summed E-state index contributed by atoms with van der Waals surface area (Å²) in [6, 6.07) is 4.50. The molecule has 0 radical (unpaired) electrons. The molecule has 1 aliphatic heterocycles. The molecule has 1 saturated heterocycles. The van der Waals surface area contributed by atoms with Gasteiger partial charge in [0, 0.05) is 31.1 Å². The Kier molecular flexibility index (Phi) is 5.59. The highest BCUT2D eigenvalue weighted by molar-refractivity contribution is 5.79. The van der Waals surface area contributed by atoms with Gasteiger partial charge < -0.3 is 15.2 Å². The van der Waals surface area contributed by atoms with Crippen molar-refractivity contribution >= 4 is 5.91 Å². The lowest BCUT2D eigenvalue weighted by Gasteiger charge is -2.36. The molecular formula is C25H34N2O3. The fraction of sp³-hybridized carbons (Fsp3) is 0.640. The number of aliphatic hydroxyl groups excluding tert-OH is 1. The van der Waals surface area contributed by atoms with Crippen LogP contribution in [0, 0.1) is 17.8 Å². The van der Waals surface area contributed by atoms with Crippen LogP contribution in [0.25, 0.3) is 0 Å². The smallest absolute Gasteiger partial charge is 0.224 e. The average Bonchev–Trinajstić information content (AvgIpc) is 3.48. The number of fused-ring (bicyclic) bond motifs is 2. The molecule has 1 heterocycles. The van der Waals surface area contributed by atoms with Crippen molar-refractivity contribution in [2.45, 2.75) is 63.6 Å². The molecule has 3 aliphatic carbocycles. The number of benzene rings is 1. The van der Waals surface area contributed by atoms with Crippen LogP contribution in [-0.2, 0) is 24.2 Å². The van der Waals surface area contributed by atoms with Crippen LogP contribution in [0.15, 0.2) is 24.3 Å². The Hall–Kier alpha value is -1.85. The summed E-state index contributed by atoms with van der Waals surface area (Å²) >= 11 is 0. The molecule has 162 valence electrons. The summed E-state index contributed by atoms with van der Waals surface area (Å²) in [5.74, 6) is 2.24. The number of aryl methyl sites for hydroxylation is 2. The number of hydrogen-bond donors (Lipinski definition) is 2. The van der Waals surface area contributed by atoms with Gasteiger partial charge in [0.2, 0.25) is 5.91 Å². The standard InChI is InChI=1S/C25H34N2O3/c1-30-24-12-18-8-4-7-17(18)9-21(24)15-27-13-19-10-22(23(28)11-20(19)14-27)26-25(29)16-5-2-3-6-16/h2-3,9,12,16,19-20,22-23,28H,4-8,10-11,13-15H2,1H3,(H,26,29)/t19-,20+,22-,23-/m0/s1. The lowest BCUT2D eigenvalue weighted by molar-refractivity contribution is -0.127. The van der Waals surface area contributed by atoms with Gasteiger partial charge in [0.1, 0.15) is 5.75 Å². The Morgan fingerprint density at radius 1 is 1.13 bits per heavy atom. The number of methoxy groups -OCH3 is 1. The summed E-state index contributed by atoms with van der Waals surface area (Å²) < 4.78 is 5.71. The van der Waals surface area contributed by atoms with Crippen molar-refractivity contribution < 1.29 is 14.6 Å². The predicted molar refractivity (Wildman–Crippen MR) is 116 cm³/mol. The number of carbonyl (C=O) groups is 1. The van der Waals surface area contributed by atoms with Gasteiger partial charge in [-0.15, -0.1) is 0 Å². The number of nitrogens with zero attached hydrogens (tertiary/aromatic N) is 1. The molecule has 30 heavy (non-hydrogen) atoms. The van der Waals surface area contributed by atoms with E-state index >= 15 is 0 Å². The van der Waals surface area contributed by atoms with E-state index in [4.69, 9.17) is 4.74 Å². The Morgan fingerprint density at radius 2 is 1.83 bits per heavy atom. The van der Waals surface area contributed by atoms with E-state index in [2.05, 4.69) is 34.5 Å². The zero-order valence-electron chi connectivity index (χ0n) is 18.0. The quantitative estimate of drug-likeness (QED) is 0.733. The maximum absolute atomic E-state index is 12.5. The molecule has 0 unspecified atom stereocenters. The monoisotopic (exact) mass is 410 g/mol. The summed E-state index contributed by atoms with van der Waals surface area (Å²) in [6.45, 7) is 2.97. The van der Waals surface area contributed by atoms with Crippen LogP contribution in [0.5, 0.6) is 5.75 Å². The molecule has 0 spiro atoms.